The number of aliphatic hydroxyl groups is 1. The van der Waals surface area contributed by atoms with Crippen molar-refractivity contribution in [2.24, 2.45) is 0 Å². The number of nitrogens with zero attached hydrogens (tertiary/aromatic N) is 2. The Balaban J connectivity index is 2.25. The number of nitrogen functional groups attached to an aromatic ring is 1. The molecule has 0 unspecified atom stereocenters. The summed E-state index contributed by atoms with van der Waals surface area (Å²) in [6.45, 7) is 0.379. The number of fused-ring (bicyclic) bond motifs is 1. The standard InChI is InChI=1S/C15H14FN3O/c16-11-4-5-14-13(9-11)18-15(19(14)6-7-20)10-2-1-3-12(17)8-10/h1-5,8-9,20H,6-7,17H2. The Labute approximate surface area is 115 Å². The van der Waals surface area contributed by atoms with E-state index in [9.17, 15) is 9.50 Å². The largest absolute Gasteiger partial charge is 0.399 e. The first kappa shape index (κ1) is 12.6. The summed E-state index contributed by atoms with van der Waals surface area (Å²) in [5, 5.41) is 9.23. The molecule has 0 fully saturated rings. The van der Waals surface area contributed by atoms with Crippen LogP contribution in [-0.2, 0) is 6.54 Å². The molecule has 0 saturated heterocycles. The van der Waals surface area contributed by atoms with Gasteiger partial charge in [-0.05, 0) is 24.3 Å². The quantitative estimate of drug-likeness (QED) is 0.719. The lowest BCUT2D eigenvalue weighted by atomic mass is 10.2. The first-order valence-electron chi connectivity index (χ1n) is 6.31. The van der Waals surface area contributed by atoms with Crippen molar-refractivity contribution in [3.63, 3.8) is 0 Å². The van der Waals surface area contributed by atoms with Gasteiger partial charge < -0.3 is 15.4 Å². The molecule has 3 aromatic rings. The molecule has 4 nitrogen and oxygen atoms in total. The van der Waals surface area contributed by atoms with E-state index >= 15 is 0 Å². The summed E-state index contributed by atoms with van der Waals surface area (Å²) in [6.07, 6.45) is 0. The molecular formula is C15H14FN3O. The summed E-state index contributed by atoms with van der Waals surface area (Å²) in [6, 6.07) is 11.8. The Kier molecular flexibility index (Phi) is 3.12. The van der Waals surface area contributed by atoms with Crippen molar-refractivity contribution >= 4 is 16.7 Å². The molecule has 0 aliphatic rings. The zero-order valence-electron chi connectivity index (χ0n) is 10.8. The van der Waals surface area contributed by atoms with Crippen molar-refractivity contribution in [2.75, 3.05) is 12.3 Å². The second-order valence-electron chi connectivity index (χ2n) is 4.57. The van der Waals surface area contributed by atoms with Gasteiger partial charge in [0.15, 0.2) is 0 Å². The highest BCUT2D eigenvalue weighted by Crippen LogP contribution is 2.26. The number of aliphatic hydroxyl groups excluding tert-OH is 1. The highest BCUT2D eigenvalue weighted by molar-refractivity contribution is 5.81. The molecule has 0 aliphatic carbocycles. The summed E-state index contributed by atoms with van der Waals surface area (Å²) in [5.74, 6) is 0.345. The molecule has 1 aromatic heterocycles. The molecule has 0 saturated carbocycles. The van der Waals surface area contributed by atoms with Crippen molar-refractivity contribution < 1.29 is 9.50 Å². The fourth-order valence-corrected chi connectivity index (χ4v) is 2.33. The zero-order chi connectivity index (χ0) is 14.1. The maximum Gasteiger partial charge on any atom is 0.141 e. The third kappa shape index (κ3) is 2.12. The van der Waals surface area contributed by atoms with E-state index in [2.05, 4.69) is 4.98 Å². The molecule has 0 bridgehead atoms. The Morgan fingerprint density at radius 1 is 1.20 bits per heavy atom. The number of rotatable bonds is 3. The minimum absolute atomic E-state index is 0.0157. The SMILES string of the molecule is Nc1cccc(-c2nc3cc(F)ccc3n2CCO)c1. The lowest BCUT2D eigenvalue weighted by molar-refractivity contribution is 0.278. The van der Waals surface area contributed by atoms with Gasteiger partial charge in [0.05, 0.1) is 17.6 Å². The molecule has 1 heterocycles. The number of nitrogens with two attached hydrogens (primary N) is 1. The van der Waals surface area contributed by atoms with Crippen LogP contribution >= 0.6 is 0 Å². The lowest BCUT2D eigenvalue weighted by Gasteiger charge is -2.07. The number of aromatic nitrogens is 2. The number of anilines is 1. The van der Waals surface area contributed by atoms with Gasteiger partial charge in [-0.25, -0.2) is 9.37 Å². The van der Waals surface area contributed by atoms with Crippen molar-refractivity contribution in [1.29, 1.82) is 0 Å². The van der Waals surface area contributed by atoms with Crippen LogP contribution in [0.1, 0.15) is 0 Å². The molecular weight excluding hydrogens is 257 g/mol. The minimum Gasteiger partial charge on any atom is -0.399 e. The molecule has 2 aromatic carbocycles. The van der Waals surface area contributed by atoms with E-state index in [1.807, 2.05) is 22.8 Å². The first-order chi connectivity index (χ1) is 9.69. The molecule has 20 heavy (non-hydrogen) atoms. The van der Waals surface area contributed by atoms with Crippen LogP contribution < -0.4 is 5.73 Å². The van der Waals surface area contributed by atoms with Gasteiger partial charge in [-0.3, -0.25) is 0 Å². The maximum absolute atomic E-state index is 13.3. The molecule has 0 aliphatic heterocycles. The van der Waals surface area contributed by atoms with E-state index in [-0.39, 0.29) is 12.4 Å². The average Bonchev–Trinajstić information content (AvgIpc) is 2.77. The van der Waals surface area contributed by atoms with Gasteiger partial charge >= 0.3 is 0 Å². The van der Waals surface area contributed by atoms with Gasteiger partial charge in [0, 0.05) is 23.9 Å². The normalized spacial score (nSPS) is 11.1. The molecule has 0 spiro atoms. The molecule has 0 radical (unpaired) electrons. The topological polar surface area (TPSA) is 64.1 Å². The summed E-state index contributed by atoms with van der Waals surface area (Å²) in [5.41, 5.74) is 8.63. The van der Waals surface area contributed by atoms with Crippen LogP contribution in [0.4, 0.5) is 10.1 Å². The molecule has 3 rings (SSSR count). The summed E-state index contributed by atoms with van der Waals surface area (Å²) in [7, 11) is 0. The highest BCUT2D eigenvalue weighted by atomic mass is 19.1. The van der Waals surface area contributed by atoms with Crippen LogP contribution in [0, 0.1) is 5.82 Å². The van der Waals surface area contributed by atoms with Crippen LogP contribution in [0.3, 0.4) is 0 Å². The monoisotopic (exact) mass is 271 g/mol. The third-order valence-corrected chi connectivity index (χ3v) is 3.18. The summed E-state index contributed by atoms with van der Waals surface area (Å²) in [4.78, 5) is 4.46. The van der Waals surface area contributed by atoms with Crippen LogP contribution in [0.2, 0.25) is 0 Å². The summed E-state index contributed by atoms with van der Waals surface area (Å²) < 4.78 is 15.2. The van der Waals surface area contributed by atoms with Gasteiger partial charge in [0.25, 0.3) is 0 Å². The van der Waals surface area contributed by atoms with E-state index < -0.39 is 0 Å². The fourth-order valence-electron chi connectivity index (χ4n) is 2.33. The van der Waals surface area contributed by atoms with Gasteiger partial charge in [-0.1, -0.05) is 12.1 Å². The second-order valence-corrected chi connectivity index (χ2v) is 4.57. The van der Waals surface area contributed by atoms with Crippen LogP contribution in [-0.4, -0.2) is 21.3 Å². The number of benzene rings is 2. The van der Waals surface area contributed by atoms with Crippen molar-refractivity contribution in [3.8, 4) is 11.4 Å². The number of hydrogen-bond acceptors (Lipinski definition) is 3. The number of hydrogen-bond donors (Lipinski definition) is 2. The van der Waals surface area contributed by atoms with Crippen molar-refractivity contribution in [2.45, 2.75) is 6.54 Å². The Morgan fingerprint density at radius 2 is 2.05 bits per heavy atom. The van der Waals surface area contributed by atoms with Gasteiger partial charge in [0.2, 0.25) is 0 Å². The van der Waals surface area contributed by atoms with Crippen molar-refractivity contribution in [3.05, 3.63) is 48.3 Å². The summed E-state index contributed by atoms with van der Waals surface area (Å²) >= 11 is 0. The molecule has 0 amide bonds. The number of halogens is 1. The Bertz CT molecular complexity index is 767. The maximum atomic E-state index is 13.3. The predicted molar refractivity (Wildman–Crippen MR) is 76.6 cm³/mol. The lowest BCUT2D eigenvalue weighted by Crippen LogP contribution is -2.04. The van der Waals surface area contributed by atoms with E-state index in [1.54, 1.807) is 12.1 Å². The van der Waals surface area contributed by atoms with E-state index in [1.165, 1.54) is 12.1 Å². The predicted octanol–water partition coefficient (Wildman–Crippen LogP) is 2.42. The van der Waals surface area contributed by atoms with Crippen LogP contribution in [0.5, 0.6) is 0 Å². The average molecular weight is 271 g/mol. The van der Waals surface area contributed by atoms with Gasteiger partial charge in [0.1, 0.15) is 11.6 Å². The Morgan fingerprint density at radius 3 is 2.80 bits per heavy atom. The van der Waals surface area contributed by atoms with E-state index in [4.69, 9.17) is 5.73 Å². The molecule has 3 N–H and O–H groups in total. The Hall–Kier alpha value is -2.40. The fraction of sp³-hybridized carbons (Fsp3) is 0.133. The smallest absolute Gasteiger partial charge is 0.141 e. The molecule has 0 atom stereocenters. The van der Waals surface area contributed by atoms with E-state index in [0.717, 1.165) is 11.1 Å². The van der Waals surface area contributed by atoms with E-state index in [0.29, 0.717) is 23.6 Å². The van der Waals surface area contributed by atoms with Crippen molar-refractivity contribution in [1.82, 2.24) is 9.55 Å². The van der Waals surface area contributed by atoms with Gasteiger partial charge in [-0.2, -0.15) is 0 Å². The zero-order valence-corrected chi connectivity index (χ0v) is 10.8. The number of imidazole rings is 1. The van der Waals surface area contributed by atoms with Crippen LogP contribution in [0.25, 0.3) is 22.4 Å². The first-order valence-corrected chi connectivity index (χ1v) is 6.31. The van der Waals surface area contributed by atoms with Crippen LogP contribution in [0.15, 0.2) is 42.5 Å². The minimum atomic E-state index is -0.328. The second kappa shape index (κ2) is 4.94. The third-order valence-electron chi connectivity index (χ3n) is 3.18. The molecule has 102 valence electrons. The van der Waals surface area contributed by atoms with Gasteiger partial charge in [-0.15, -0.1) is 0 Å². The molecule has 5 heteroatoms. The highest BCUT2D eigenvalue weighted by Gasteiger charge is 2.13.